The van der Waals surface area contributed by atoms with Gasteiger partial charge in [-0.05, 0) is 30.4 Å². The monoisotopic (exact) mass is 426 g/mol. The van der Waals surface area contributed by atoms with Gasteiger partial charge in [0.25, 0.3) is 0 Å². The van der Waals surface area contributed by atoms with Crippen molar-refractivity contribution >= 4 is 22.3 Å². The van der Waals surface area contributed by atoms with Crippen LogP contribution >= 0.6 is 0 Å². The number of nitrogens with zero attached hydrogens (tertiary/aromatic N) is 6. The molecule has 0 unspecified atom stereocenters. The highest BCUT2D eigenvalue weighted by Gasteiger charge is 2.28. The molecule has 0 fully saturated rings. The van der Waals surface area contributed by atoms with Crippen molar-refractivity contribution in [1.29, 1.82) is 0 Å². The summed E-state index contributed by atoms with van der Waals surface area (Å²) in [7, 11) is 1.64. The molecule has 4 heterocycles. The molecule has 0 atom stereocenters. The van der Waals surface area contributed by atoms with Gasteiger partial charge in [-0.2, -0.15) is 9.97 Å². The van der Waals surface area contributed by atoms with Crippen LogP contribution in [0, 0.1) is 6.92 Å². The number of methoxy groups -OCH3 is 1. The number of fused-ring (bicyclic) bond motifs is 3. The van der Waals surface area contributed by atoms with Crippen molar-refractivity contribution in [2.45, 2.75) is 33.0 Å². The van der Waals surface area contributed by atoms with Crippen LogP contribution in [0.4, 0.5) is 11.5 Å². The quantitative estimate of drug-likeness (QED) is 0.498. The average Bonchev–Trinajstić information content (AvgIpc) is 3.31. The zero-order valence-corrected chi connectivity index (χ0v) is 18.5. The van der Waals surface area contributed by atoms with Crippen LogP contribution in [0.3, 0.4) is 0 Å². The van der Waals surface area contributed by atoms with Gasteiger partial charge in [-0.1, -0.05) is 30.3 Å². The largest absolute Gasteiger partial charge is 0.467 e. The Kier molecular flexibility index (Phi) is 4.48. The number of aryl methyl sites for hydroxylation is 1. The van der Waals surface area contributed by atoms with Crippen LogP contribution in [0.15, 0.2) is 48.9 Å². The zero-order valence-electron chi connectivity index (χ0n) is 18.5. The third-order valence-electron chi connectivity index (χ3n) is 6.70. The van der Waals surface area contributed by atoms with Crippen molar-refractivity contribution in [3.8, 4) is 6.01 Å². The summed E-state index contributed by atoms with van der Waals surface area (Å²) in [5.41, 5.74) is 6.09. The summed E-state index contributed by atoms with van der Waals surface area (Å²) in [6.07, 6.45) is 4.76. The Hall–Kier alpha value is -3.61. The Bertz CT molecular complexity index is 1310. The number of aromatic nitrogens is 4. The highest BCUT2D eigenvalue weighted by molar-refractivity contribution is 5.97. The summed E-state index contributed by atoms with van der Waals surface area (Å²) < 4.78 is 7.73. The Balaban J connectivity index is 1.39. The summed E-state index contributed by atoms with van der Waals surface area (Å²) in [6, 6.07) is 13.5. The van der Waals surface area contributed by atoms with E-state index in [1.165, 1.54) is 33.3 Å². The van der Waals surface area contributed by atoms with E-state index in [1.807, 2.05) is 12.5 Å². The first-order valence-corrected chi connectivity index (χ1v) is 11.1. The van der Waals surface area contributed by atoms with E-state index in [0.717, 1.165) is 50.7 Å². The molecule has 2 aliphatic rings. The molecule has 2 aromatic carbocycles. The molecule has 0 saturated heterocycles. The van der Waals surface area contributed by atoms with Crippen molar-refractivity contribution < 1.29 is 4.74 Å². The van der Waals surface area contributed by atoms with Crippen LogP contribution in [0.1, 0.15) is 22.5 Å². The van der Waals surface area contributed by atoms with Crippen LogP contribution in [-0.4, -0.2) is 39.7 Å². The lowest BCUT2D eigenvalue weighted by atomic mass is 9.99. The van der Waals surface area contributed by atoms with E-state index in [0.29, 0.717) is 6.01 Å². The van der Waals surface area contributed by atoms with E-state index >= 15 is 0 Å². The fourth-order valence-corrected chi connectivity index (χ4v) is 5.08. The van der Waals surface area contributed by atoms with Crippen molar-refractivity contribution in [2.75, 3.05) is 30.0 Å². The van der Waals surface area contributed by atoms with Gasteiger partial charge in [-0.3, -0.25) is 0 Å². The maximum Gasteiger partial charge on any atom is 0.318 e. The summed E-state index contributed by atoms with van der Waals surface area (Å²) in [5, 5.41) is 2.60. The van der Waals surface area contributed by atoms with Crippen molar-refractivity contribution in [3.63, 3.8) is 0 Å². The summed E-state index contributed by atoms with van der Waals surface area (Å²) >= 11 is 0. The third-order valence-corrected chi connectivity index (χ3v) is 6.70. The van der Waals surface area contributed by atoms with Gasteiger partial charge in [0.15, 0.2) is 0 Å². The molecule has 0 saturated carbocycles. The lowest BCUT2D eigenvalue weighted by Gasteiger charge is -2.35. The number of imidazole rings is 1. The smallest absolute Gasteiger partial charge is 0.318 e. The predicted molar refractivity (Wildman–Crippen MR) is 125 cm³/mol. The van der Waals surface area contributed by atoms with E-state index in [4.69, 9.17) is 14.7 Å². The van der Waals surface area contributed by atoms with Gasteiger partial charge in [-0.15, -0.1) is 0 Å². The minimum Gasteiger partial charge on any atom is -0.467 e. The Morgan fingerprint density at radius 3 is 2.69 bits per heavy atom. The van der Waals surface area contributed by atoms with Crippen molar-refractivity contribution in [1.82, 2.24) is 19.5 Å². The summed E-state index contributed by atoms with van der Waals surface area (Å²) in [5.74, 6) is 1.01. The molecule has 162 valence electrons. The van der Waals surface area contributed by atoms with Crippen LogP contribution in [0.5, 0.6) is 6.01 Å². The second-order valence-electron chi connectivity index (χ2n) is 8.58. The molecule has 0 spiro atoms. The normalized spacial score (nSPS) is 15.6. The van der Waals surface area contributed by atoms with Crippen LogP contribution in [0.2, 0.25) is 0 Å². The molecular weight excluding hydrogens is 400 g/mol. The third kappa shape index (κ3) is 3.07. The van der Waals surface area contributed by atoms with Crippen molar-refractivity contribution in [3.05, 3.63) is 71.4 Å². The fraction of sp³-hybridized carbons (Fsp3) is 0.320. The van der Waals surface area contributed by atoms with Crippen molar-refractivity contribution in [2.24, 2.45) is 0 Å². The number of rotatable bonds is 3. The minimum absolute atomic E-state index is 0.439. The SMILES string of the molecule is COc1nc2c(c(N3CCn4cncc4C3)n1)CCN(c1cccc3cccc(C)c13)C2. The zero-order chi connectivity index (χ0) is 21.7. The Morgan fingerprint density at radius 2 is 1.81 bits per heavy atom. The van der Waals surface area contributed by atoms with E-state index in [9.17, 15) is 0 Å². The molecule has 2 aromatic heterocycles. The Morgan fingerprint density at radius 1 is 0.938 bits per heavy atom. The van der Waals surface area contributed by atoms with E-state index in [-0.39, 0.29) is 0 Å². The number of hydrogen-bond donors (Lipinski definition) is 0. The maximum absolute atomic E-state index is 5.51. The maximum atomic E-state index is 5.51. The number of hydrogen-bond acceptors (Lipinski definition) is 6. The average molecular weight is 427 g/mol. The lowest BCUT2D eigenvalue weighted by molar-refractivity contribution is 0.376. The van der Waals surface area contributed by atoms with Gasteiger partial charge < -0.3 is 19.1 Å². The minimum atomic E-state index is 0.439. The molecule has 32 heavy (non-hydrogen) atoms. The first kappa shape index (κ1) is 19.1. The van der Waals surface area contributed by atoms with Gasteiger partial charge in [-0.25, -0.2) is 4.98 Å². The van der Waals surface area contributed by atoms with E-state index < -0.39 is 0 Å². The molecule has 0 N–H and O–H groups in total. The van der Waals surface area contributed by atoms with Gasteiger partial charge >= 0.3 is 6.01 Å². The molecule has 0 radical (unpaired) electrons. The molecular formula is C25H26N6O. The predicted octanol–water partition coefficient (Wildman–Crippen LogP) is 3.73. The summed E-state index contributed by atoms with van der Waals surface area (Å²) in [4.78, 5) is 18.7. The second kappa shape index (κ2) is 7.51. The standard InChI is InChI=1S/C25H26N6O/c1-17-5-3-6-18-7-4-8-22(23(17)18)29-10-9-20-21(15-29)27-25(32-2)28-24(20)30-11-12-31-16-26-13-19(31)14-30/h3-8,13,16H,9-12,14-15H2,1-2H3. The number of ether oxygens (including phenoxy) is 1. The number of benzene rings is 2. The number of anilines is 2. The van der Waals surface area contributed by atoms with Crippen LogP contribution in [-0.2, 0) is 26.1 Å². The molecule has 2 aliphatic heterocycles. The first-order chi connectivity index (χ1) is 15.7. The molecule has 6 rings (SSSR count). The van der Waals surface area contributed by atoms with Gasteiger partial charge in [0.05, 0.1) is 37.9 Å². The fourth-order valence-electron chi connectivity index (χ4n) is 5.08. The molecule has 7 heteroatoms. The highest BCUT2D eigenvalue weighted by Crippen LogP contribution is 2.35. The van der Waals surface area contributed by atoms with Crippen LogP contribution in [0.25, 0.3) is 10.8 Å². The van der Waals surface area contributed by atoms with Gasteiger partial charge in [0.2, 0.25) is 0 Å². The topological polar surface area (TPSA) is 59.3 Å². The lowest BCUT2D eigenvalue weighted by Crippen LogP contribution is -2.37. The molecule has 4 aromatic rings. The van der Waals surface area contributed by atoms with Gasteiger partial charge in [0, 0.05) is 42.5 Å². The molecule has 0 bridgehead atoms. The first-order valence-electron chi connectivity index (χ1n) is 11.1. The van der Waals surface area contributed by atoms with Crippen LogP contribution < -0.4 is 14.5 Å². The summed E-state index contributed by atoms with van der Waals surface area (Å²) in [6.45, 7) is 6.50. The highest BCUT2D eigenvalue weighted by atomic mass is 16.5. The van der Waals surface area contributed by atoms with E-state index in [2.05, 4.69) is 62.7 Å². The molecule has 7 nitrogen and oxygen atoms in total. The molecule has 0 amide bonds. The Labute approximate surface area is 187 Å². The van der Waals surface area contributed by atoms with E-state index in [1.54, 1.807) is 7.11 Å². The second-order valence-corrected chi connectivity index (χ2v) is 8.58. The van der Waals surface area contributed by atoms with Gasteiger partial charge in [0.1, 0.15) is 5.82 Å². The molecule has 0 aliphatic carbocycles.